The number of hydrogen-bond acceptors (Lipinski definition) is 3. The summed E-state index contributed by atoms with van der Waals surface area (Å²) < 4.78 is 1.15. The van der Waals surface area contributed by atoms with E-state index in [9.17, 15) is 4.79 Å². The fraction of sp³-hybridized carbons (Fsp3) is 0.0588. The van der Waals surface area contributed by atoms with Gasteiger partial charge in [-0.2, -0.15) is 5.10 Å². The van der Waals surface area contributed by atoms with Crippen molar-refractivity contribution in [3.63, 3.8) is 0 Å². The molecule has 0 unspecified atom stereocenters. The number of amides is 1. The van der Waals surface area contributed by atoms with Crippen molar-refractivity contribution in [1.82, 2.24) is 10.4 Å². The second-order valence-corrected chi connectivity index (χ2v) is 6.19. The first-order valence-electron chi connectivity index (χ1n) is 7.10. The molecular formula is C17H15IN4O. The number of fused-ring (bicyclic) bond motifs is 1. The van der Waals surface area contributed by atoms with Gasteiger partial charge in [-0.3, -0.25) is 4.79 Å². The minimum absolute atomic E-state index is 0.172. The third-order valence-corrected chi connectivity index (χ3v) is 4.03. The summed E-state index contributed by atoms with van der Waals surface area (Å²) in [4.78, 5) is 14.9. The fourth-order valence-electron chi connectivity index (χ4n) is 2.16. The van der Waals surface area contributed by atoms with E-state index >= 15 is 0 Å². The molecule has 0 saturated carbocycles. The Morgan fingerprint density at radius 1 is 1.17 bits per heavy atom. The van der Waals surface area contributed by atoms with Crippen molar-refractivity contribution in [2.75, 3.05) is 11.9 Å². The van der Waals surface area contributed by atoms with E-state index in [2.05, 4.69) is 43.4 Å². The fourth-order valence-corrected chi connectivity index (χ4v) is 2.52. The summed E-state index contributed by atoms with van der Waals surface area (Å²) >= 11 is 2.24. The van der Waals surface area contributed by atoms with Crippen molar-refractivity contribution in [3.8, 4) is 0 Å². The average molecular weight is 418 g/mol. The molecular weight excluding hydrogens is 403 g/mol. The number of nitrogens with zero attached hydrogens (tertiary/aromatic N) is 1. The van der Waals surface area contributed by atoms with Gasteiger partial charge in [0.15, 0.2) is 0 Å². The first kappa shape index (κ1) is 15.5. The van der Waals surface area contributed by atoms with Crippen molar-refractivity contribution in [2.45, 2.75) is 0 Å². The number of rotatable bonds is 5. The number of aromatic amines is 1. The molecule has 23 heavy (non-hydrogen) atoms. The molecule has 0 saturated heterocycles. The van der Waals surface area contributed by atoms with Gasteiger partial charge in [-0.05, 0) is 52.9 Å². The number of nitrogens with one attached hydrogen (secondary N) is 3. The van der Waals surface area contributed by atoms with Crippen molar-refractivity contribution < 1.29 is 4.79 Å². The molecule has 3 N–H and O–H groups in total. The molecule has 2 aromatic carbocycles. The molecule has 0 aliphatic heterocycles. The number of hydrazone groups is 1. The number of anilines is 1. The number of carbonyl (C=O) groups is 1. The quantitative estimate of drug-likeness (QED) is 0.338. The summed E-state index contributed by atoms with van der Waals surface area (Å²) in [5.74, 6) is -0.195. The molecule has 0 radical (unpaired) electrons. The lowest BCUT2D eigenvalue weighted by molar-refractivity contribution is -0.119. The molecule has 0 bridgehead atoms. The van der Waals surface area contributed by atoms with Gasteiger partial charge < -0.3 is 10.3 Å². The highest BCUT2D eigenvalue weighted by atomic mass is 127. The molecule has 0 fully saturated rings. The van der Waals surface area contributed by atoms with E-state index in [-0.39, 0.29) is 12.5 Å². The predicted octanol–water partition coefficient (Wildman–Crippen LogP) is 3.33. The maximum atomic E-state index is 11.8. The zero-order valence-corrected chi connectivity index (χ0v) is 14.4. The van der Waals surface area contributed by atoms with Crippen LogP contribution in [0.3, 0.4) is 0 Å². The second kappa shape index (κ2) is 7.28. The minimum atomic E-state index is -0.195. The van der Waals surface area contributed by atoms with Gasteiger partial charge >= 0.3 is 0 Å². The first-order chi connectivity index (χ1) is 11.2. The number of halogens is 1. The summed E-state index contributed by atoms with van der Waals surface area (Å²) in [7, 11) is 0. The highest BCUT2D eigenvalue weighted by molar-refractivity contribution is 14.1. The Balaban J connectivity index is 1.53. The van der Waals surface area contributed by atoms with Gasteiger partial charge in [-0.15, -0.1) is 0 Å². The van der Waals surface area contributed by atoms with Crippen LogP contribution >= 0.6 is 22.6 Å². The predicted molar refractivity (Wildman–Crippen MR) is 102 cm³/mol. The maximum absolute atomic E-state index is 11.8. The zero-order valence-electron chi connectivity index (χ0n) is 12.2. The van der Waals surface area contributed by atoms with Crippen LogP contribution in [0.5, 0.6) is 0 Å². The van der Waals surface area contributed by atoms with Crippen molar-refractivity contribution in [1.29, 1.82) is 0 Å². The maximum Gasteiger partial charge on any atom is 0.259 e. The van der Waals surface area contributed by atoms with Crippen LogP contribution in [0.2, 0.25) is 0 Å². The summed E-state index contributed by atoms with van der Waals surface area (Å²) in [6.45, 7) is 0.172. The minimum Gasteiger partial charge on any atom is -0.376 e. The molecule has 3 rings (SSSR count). The van der Waals surface area contributed by atoms with E-state index in [1.165, 1.54) is 0 Å². The van der Waals surface area contributed by atoms with E-state index in [4.69, 9.17) is 0 Å². The summed E-state index contributed by atoms with van der Waals surface area (Å²) in [5, 5.41) is 8.13. The van der Waals surface area contributed by atoms with Crippen LogP contribution in [0.1, 0.15) is 5.56 Å². The largest absolute Gasteiger partial charge is 0.376 e. The summed E-state index contributed by atoms with van der Waals surface area (Å²) in [6.07, 6.45) is 3.51. The van der Waals surface area contributed by atoms with Crippen LogP contribution in [0.25, 0.3) is 10.9 Å². The first-order valence-corrected chi connectivity index (χ1v) is 8.18. The van der Waals surface area contributed by atoms with Crippen LogP contribution < -0.4 is 10.7 Å². The van der Waals surface area contributed by atoms with Crippen LogP contribution in [0, 0.1) is 3.57 Å². The summed E-state index contributed by atoms with van der Waals surface area (Å²) in [6, 6.07) is 15.8. The molecule has 0 aliphatic rings. The number of carbonyl (C=O) groups excluding carboxylic acids is 1. The lowest BCUT2D eigenvalue weighted by Gasteiger charge is -2.04. The molecule has 1 aromatic heterocycles. The third-order valence-electron chi connectivity index (χ3n) is 3.31. The molecule has 3 aromatic rings. The number of H-pyrrole nitrogens is 1. The monoisotopic (exact) mass is 418 g/mol. The van der Waals surface area contributed by atoms with E-state index in [1.807, 2.05) is 54.7 Å². The molecule has 0 aliphatic carbocycles. The molecule has 0 atom stereocenters. The molecule has 0 spiro atoms. The van der Waals surface area contributed by atoms with E-state index < -0.39 is 0 Å². The van der Waals surface area contributed by atoms with Crippen LogP contribution in [-0.2, 0) is 4.79 Å². The molecule has 6 heteroatoms. The molecule has 116 valence electrons. The highest BCUT2D eigenvalue weighted by Gasteiger charge is 2.01. The Kier molecular flexibility index (Phi) is 4.92. The smallest absolute Gasteiger partial charge is 0.259 e. The van der Waals surface area contributed by atoms with E-state index in [0.717, 1.165) is 25.7 Å². The van der Waals surface area contributed by atoms with Crippen molar-refractivity contribution in [3.05, 3.63) is 63.9 Å². The van der Waals surface area contributed by atoms with Gasteiger partial charge in [0, 0.05) is 31.9 Å². The Labute approximate surface area is 147 Å². The standard InChI is InChI=1S/C17H15IN4O/c18-13-5-7-14(8-6-13)19-11-17(23)22-21-10-12-9-20-16-4-2-1-3-15(12)16/h1-10,19-20H,11H2,(H,22,23). The Hall–Kier alpha value is -2.35. The molecule has 1 heterocycles. The van der Waals surface area contributed by atoms with Crippen LogP contribution in [-0.4, -0.2) is 23.7 Å². The van der Waals surface area contributed by atoms with Gasteiger partial charge in [-0.25, -0.2) is 5.43 Å². The lowest BCUT2D eigenvalue weighted by Crippen LogP contribution is -2.25. The van der Waals surface area contributed by atoms with Gasteiger partial charge in [0.2, 0.25) is 0 Å². The van der Waals surface area contributed by atoms with Crippen LogP contribution in [0.4, 0.5) is 5.69 Å². The number of hydrogen-bond donors (Lipinski definition) is 3. The Morgan fingerprint density at radius 2 is 1.96 bits per heavy atom. The average Bonchev–Trinajstić information content (AvgIpc) is 2.98. The Bertz CT molecular complexity index is 839. The molecule has 5 nitrogen and oxygen atoms in total. The topological polar surface area (TPSA) is 69.3 Å². The second-order valence-electron chi connectivity index (χ2n) is 4.94. The van der Waals surface area contributed by atoms with Gasteiger partial charge in [0.05, 0.1) is 12.8 Å². The number of benzene rings is 2. The molecule has 1 amide bonds. The zero-order chi connectivity index (χ0) is 16.1. The van der Waals surface area contributed by atoms with E-state index in [1.54, 1.807) is 6.21 Å². The lowest BCUT2D eigenvalue weighted by atomic mass is 10.2. The van der Waals surface area contributed by atoms with Gasteiger partial charge in [0.1, 0.15) is 0 Å². The van der Waals surface area contributed by atoms with Crippen LogP contribution in [0.15, 0.2) is 59.8 Å². The SMILES string of the molecule is O=C(CNc1ccc(I)cc1)NN=Cc1c[nH]c2ccccc12. The third kappa shape index (κ3) is 4.10. The van der Waals surface area contributed by atoms with Gasteiger partial charge in [0.25, 0.3) is 5.91 Å². The van der Waals surface area contributed by atoms with Crippen molar-refractivity contribution in [2.24, 2.45) is 5.10 Å². The Morgan fingerprint density at radius 3 is 2.78 bits per heavy atom. The number of para-hydroxylation sites is 1. The van der Waals surface area contributed by atoms with E-state index in [0.29, 0.717) is 0 Å². The number of aromatic nitrogens is 1. The van der Waals surface area contributed by atoms with Gasteiger partial charge in [-0.1, -0.05) is 18.2 Å². The normalized spacial score (nSPS) is 11.0. The summed E-state index contributed by atoms with van der Waals surface area (Å²) in [5.41, 5.74) is 5.40. The highest BCUT2D eigenvalue weighted by Crippen LogP contribution is 2.15. The van der Waals surface area contributed by atoms with Crippen molar-refractivity contribution >= 4 is 51.3 Å².